The number of ether oxygens (including phenoxy) is 1. The Balaban J connectivity index is 1.64. The first-order chi connectivity index (χ1) is 11.3. The summed E-state index contributed by atoms with van der Waals surface area (Å²) in [7, 11) is 1.74. The van der Waals surface area contributed by atoms with E-state index < -0.39 is 0 Å². The van der Waals surface area contributed by atoms with Crippen LogP contribution in [0.5, 0.6) is 5.75 Å². The van der Waals surface area contributed by atoms with Gasteiger partial charge in [0, 0.05) is 38.4 Å². The molecule has 0 unspecified atom stereocenters. The van der Waals surface area contributed by atoms with Crippen LogP contribution in [0, 0.1) is 0 Å². The SMILES string of the molecule is COc1ccccc1N1CCCN(Cc2ccc(N)cc2)CC1. The lowest BCUT2D eigenvalue weighted by atomic mass is 10.2. The van der Waals surface area contributed by atoms with Crippen molar-refractivity contribution < 1.29 is 4.74 Å². The molecule has 0 atom stereocenters. The molecular formula is C19H25N3O. The number of benzene rings is 2. The van der Waals surface area contributed by atoms with Crippen LogP contribution in [0.1, 0.15) is 12.0 Å². The lowest BCUT2D eigenvalue weighted by Crippen LogP contribution is -2.30. The zero-order valence-corrected chi connectivity index (χ0v) is 13.7. The molecule has 0 bridgehead atoms. The average molecular weight is 311 g/mol. The van der Waals surface area contributed by atoms with Gasteiger partial charge in [0.1, 0.15) is 5.75 Å². The van der Waals surface area contributed by atoms with E-state index in [0.717, 1.165) is 50.6 Å². The molecule has 2 aromatic carbocycles. The third kappa shape index (κ3) is 3.96. The van der Waals surface area contributed by atoms with E-state index in [9.17, 15) is 0 Å². The van der Waals surface area contributed by atoms with Crippen LogP contribution in [0.4, 0.5) is 11.4 Å². The fraction of sp³-hybridized carbons (Fsp3) is 0.368. The van der Waals surface area contributed by atoms with Gasteiger partial charge in [0.05, 0.1) is 12.8 Å². The Morgan fingerprint density at radius 1 is 0.957 bits per heavy atom. The Bertz CT molecular complexity index is 627. The number of methoxy groups -OCH3 is 1. The second-order valence-electron chi connectivity index (χ2n) is 6.03. The van der Waals surface area contributed by atoms with E-state index in [4.69, 9.17) is 10.5 Å². The Morgan fingerprint density at radius 3 is 2.52 bits per heavy atom. The number of hydrogen-bond acceptors (Lipinski definition) is 4. The number of nitrogen functional groups attached to an aromatic ring is 1. The van der Waals surface area contributed by atoms with Gasteiger partial charge in [-0.1, -0.05) is 24.3 Å². The molecule has 1 saturated heterocycles. The van der Waals surface area contributed by atoms with E-state index >= 15 is 0 Å². The van der Waals surface area contributed by atoms with Crippen molar-refractivity contribution in [1.82, 2.24) is 4.90 Å². The Hall–Kier alpha value is -2.20. The van der Waals surface area contributed by atoms with Gasteiger partial charge in [-0.2, -0.15) is 0 Å². The van der Waals surface area contributed by atoms with Crippen LogP contribution in [0.3, 0.4) is 0 Å². The van der Waals surface area contributed by atoms with E-state index in [0.29, 0.717) is 0 Å². The molecule has 23 heavy (non-hydrogen) atoms. The average Bonchev–Trinajstić information content (AvgIpc) is 2.82. The number of anilines is 2. The Labute approximate surface area is 138 Å². The normalized spacial score (nSPS) is 16.1. The zero-order chi connectivity index (χ0) is 16.1. The second kappa shape index (κ2) is 7.38. The van der Waals surface area contributed by atoms with Crippen molar-refractivity contribution in [3.05, 3.63) is 54.1 Å². The van der Waals surface area contributed by atoms with E-state index in [1.807, 2.05) is 24.3 Å². The number of nitrogens with two attached hydrogens (primary N) is 1. The molecule has 0 spiro atoms. The van der Waals surface area contributed by atoms with Crippen molar-refractivity contribution in [2.45, 2.75) is 13.0 Å². The van der Waals surface area contributed by atoms with Gasteiger partial charge < -0.3 is 15.4 Å². The quantitative estimate of drug-likeness (QED) is 0.882. The van der Waals surface area contributed by atoms with Crippen LogP contribution in [0.15, 0.2) is 48.5 Å². The van der Waals surface area contributed by atoms with Gasteiger partial charge in [-0.15, -0.1) is 0 Å². The van der Waals surface area contributed by atoms with Crippen molar-refractivity contribution in [3.8, 4) is 5.75 Å². The summed E-state index contributed by atoms with van der Waals surface area (Å²) in [5, 5.41) is 0. The first kappa shape index (κ1) is 15.7. The van der Waals surface area contributed by atoms with Gasteiger partial charge >= 0.3 is 0 Å². The standard InChI is InChI=1S/C19H25N3O/c1-23-19-6-3-2-5-18(19)22-12-4-11-21(13-14-22)15-16-7-9-17(20)10-8-16/h2-3,5-10H,4,11-15,20H2,1H3. The van der Waals surface area contributed by atoms with Gasteiger partial charge in [0.25, 0.3) is 0 Å². The fourth-order valence-electron chi connectivity index (χ4n) is 3.14. The molecule has 4 nitrogen and oxygen atoms in total. The molecule has 1 fully saturated rings. The van der Waals surface area contributed by atoms with Gasteiger partial charge in [-0.25, -0.2) is 0 Å². The third-order valence-electron chi connectivity index (χ3n) is 4.40. The summed E-state index contributed by atoms with van der Waals surface area (Å²) in [5.74, 6) is 0.958. The van der Waals surface area contributed by atoms with Crippen LogP contribution >= 0.6 is 0 Å². The summed E-state index contributed by atoms with van der Waals surface area (Å²) in [5.41, 5.74) is 9.11. The Morgan fingerprint density at radius 2 is 1.74 bits per heavy atom. The van der Waals surface area contributed by atoms with Crippen LogP contribution in [-0.2, 0) is 6.54 Å². The highest BCUT2D eigenvalue weighted by Crippen LogP contribution is 2.28. The summed E-state index contributed by atoms with van der Waals surface area (Å²) < 4.78 is 5.51. The van der Waals surface area contributed by atoms with Crippen LogP contribution in [-0.4, -0.2) is 38.2 Å². The molecule has 122 valence electrons. The van der Waals surface area contributed by atoms with E-state index in [1.165, 1.54) is 11.3 Å². The van der Waals surface area contributed by atoms with Gasteiger partial charge in [0.15, 0.2) is 0 Å². The number of nitrogens with zero attached hydrogens (tertiary/aromatic N) is 2. The van der Waals surface area contributed by atoms with Crippen LogP contribution in [0.25, 0.3) is 0 Å². The molecule has 0 aliphatic carbocycles. The van der Waals surface area contributed by atoms with Gasteiger partial charge in [0.2, 0.25) is 0 Å². The van der Waals surface area contributed by atoms with Gasteiger partial charge in [-0.3, -0.25) is 4.90 Å². The molecule has 0 saturated carbocycles. The first-order valence-corrected chi connectivity index (χ1v) is 8.21. The maximum Gasteiger partial charge on any atom is 0.142 e. The highest BCUT2D eigenvalue weighted by atomic mass is 16.5. The predicted octanol–water partition coefficient (Wildman–Crippen LogP) is 2.99. The van der Waals surface area contributed by atoms with Crippen LogP contribution in [0.2, 0.25) is 0 Å². The molecule has 0 aromatic heterocycles. The highest BCUT2D eigenvalue weighted by Gasteiger charge is 2.17. The van der Waals surface area contributed by atoms with E-state index in [1.54, 1.807) is 7.11 Å². The predicted molar refractivity (Wildman–Crippen MR) is 96.0 cm³/mol. The molecular weight excluding hydrogens is 286 g/mol. The third-order valence-corrected chi connectivity index (χ3v) is 4.40. The smallest absolute Gasteiger partial charge is 0.142 e. The molecule has 2 N–H and O–H groups in total. The molecule has 0 radical (unpaired) electrons. The van der Waals surface area contributed by atoms with Crippen molar-refractivity contribution in [2.24, 2.45) is 0 Å². The number of para-hydroxylation sites is 2. The maximum absolute atomic E-state index is 5.76. The Kier molecular flexibility index (Phi) is 5.03. The molecule has 1 aliphatic heterocycles. The van der Waals surface area contributed by atoms with Gasteiger partial charge in [-0.05, 0) is 36.2 Å². The summed E-state index contributed by atoms with van der Waals surface area (Å²) >= 11 is 0. The zero-order valence-electron chi connectivity index (χ0n) is 13.7. The first-order valence-electron chi connectivity index (χ1n) is 8.21. The van der Waals surface area contributed by atoms with Crippen molar-refractivity contribution >= 4 is 11.4 Å². The monoisotopic (exact) mass is 311 g/mol. The minimum absolute atomic E-state index is 0.826. The lowest BCUT2D eigenvalue weighted by molar-refractivity contribution is 0.285. The number of hydrogen-bond donors (Lipinski definition) is 1. The van der Waals surface area contributed by atoms with E-state index in [2.05, 4.69) is 34.1 Å². The summed E-state index contributed by atoms with van der Waals surface area (Å²) in [4.78, 5) is 4.95. The highest BCUT2D eigenvalue weighted by molar-refractivity contribution is 5.58. The number of rotatable bonds is 4. The van der Waals surface area contributed by atoms with Crippen molar-refractivity contribution in [3.63, 3.8) is 0 Å². The summed E-state index contributed by atoms with van der Waals surface area (Å²) in [6, 6.07) is 16.5. The lowest BCUT2D eigenvalue weighted by Gasteiger charge is -2.25. The molecule has 1 aliphatic rings. The van der Waals surface area contributed by atoms with E-state index in [-0.39, 0.29) is 0 Å². The van der Waals surface area contributed by atoms with Crippen molar-refractivity contribution in [2.75, 3.05) is 43.9 Å². The summed E-state index contributed by atoms with van der Waals surface area (Å²) in [6.45, 7) is 5.26. The molecule has 2 aromatic rings. The topological polar surface area (TPSA) is 41.7 Å². The fourth-order valence-corrected chi connectivity index (χ4v) is 3.14. The molecule has 0 amide bonds. The van der Waals surface area contributed by atoms with Crippen LogP contribution < -0.4 is 15.4 Å². The minimum Gasteiger partial charge on any atom is -0.495 e. The second-order valence-corrected chi connectivity index (χ2v) is 6.03. The minimum atomic E-state index is 0.826. The summed E-state index contributed by atoms with van der Waals surface area (Å²) in [6.07, 6.45) is 1.16. The molecule has 4 heteroatoms. The largest absolute Gasteiger partial charge is 0.495 e. The molecule has 3 rings (SSSR count). The maximum atomic E-state index is 5.76. The van der Waals surface area contributed by atoms with Crippen molar-refractivity contribution in [1.29, 1.82) is 0 Å². The molecule has 1 heterocycles.